The molecule has 1 spiro atoms. The van der Waals surface area contributed by atoms with Gasteiger partial charge in [-0.15, -0.1) is 0 Å². The number of rotatable bonds is 2. The van der Waals surface area contributed by atoms with Crippen molar-refractivity contribution in [2.24, 2.45) is 11.8 Å². The number of nitrogens with zero attached hydrogens (tertiary/aromatic N) is 1. The molecular weight excluding hydrogens is 480 g/mol. The molecule has 0 radical (unpaired) electrons. The Kier molecular flexibility index (Phi) is 4.58. The van der Waals surface area contributed by atoms with Crippen molar-refractivity contribution in [3.63, 3.8) is 0 Å². The number of benzene rings is 3. The summed E-state index contributed by atoms with van der Waals surface area (Å²) in [6.07, 6.45) is -1.16. The third-order valence-corrected chi connectivity index (χ3v) is 7.12. The number of fused-ring (bicyclic) bond motifs is 3. The van der Waals surface area contributed by atoms with E-state index < -0.39 is 64.2 Å². The summed E-state index contributed by atoms with van der Waals surface area (Å²) in [5.74, 6) is -8.12. The van der Waals surface area contributed by atoms with Crippen molar-refractivity contribution >= 4 is 40.7 Å². The Balaban J connectivity index is 1.55. The smallest absolute Gasteiger partial charge is 0.241 e. The van der Waals surface area contributed by atoms with Gasteiger partial charge in [-0.1, -0.05) is 48.0 Å². The summed E-state index contributed by atoms with van der Waals surface area (Å²) in [6.45, 7) is 0. The highest BCUT2D eigenvalue weighted by Crippen LogP contribution is 2.57. The Hall–Kier alpha value is -3.75. The van der Waals surface area contributed by atoms with E-state index in [1.165, 1.54) is 12.1 Å². The second-order valence-corrected chi connectivity index (χ2v) is 9.08. The number of imide groups is 1. The van der Waals surface area contributed by atoms with Crippen LogP contribution in [-0.4, -0.2) is 29.0 Å². The van der Waals surface area contributed by atoms with Crippen LogP contribution in [0, 0.1) is 23.5 Å². The van der Waals surface area contributed by atoms with Crippen LogP contribution in [0.1, 0.15) is 32.4 Å². The molecule has 0 aromatic heterocycles. The summed E-state index contributed by atoms with van der Waals surface area (Å²) in [6, 6.07) is 14.7. The first-order valence-electron chi connectivity index (χ1n) is 10.7. The van der Waals surface area contributed by atoms with E-state index in [1.54, 1.807) is 36.4 Å². The maximum Gasteiger partial charge on any atom is 0.241 e. The molecule has 0 saturated carbocycles. The second kappa shape index (κ2) is 7.37. The van der Waals surface area contributed by atoms with E-state index in [0.717, 1.165) is 12.1 Å². The maximum absolute atomic E-state index is 14.7. The number of halogens is 3. The maximum atomic E-state index is 14.7. The number of anilines is 1. The molecule has 6 rings (SSSR count). The predicted molar refractivity (Wildman–Crippen MR) is 119 cm³/mol. The molecule has 0 N–H and O–H groups in total. The SMILES string of the molecule is O=C1C2C(c3ccc(Cl)cc3)OC3(C(=O)c4ccccc4C3=O)C2C(=O)N1c1ccc(F)cc1F. The van der Waals surface area contributed by atoms with Crippen molar-refractivity contribution in [3.8, 4) is 0 Å². The van der Waals surface area contributed by atoms with Gasteiger partial charge in [-0.3, -0.25) is 19.2 Å². The fraction of sp³-hybridized carbons (Fsp3) is 0.154. The lowest BCUT2D eigenvalue weighted by molar-refractivity contribution is -0.127. The van der Waals surface area contributed by atoms with Gasteiger partial charge in [0.05, 0.1) is 23.6 Å². The van der Waals surface area contributed by atoms with Gasteiger partial charge in [0.25, 0.3) is 0 Å². The van der Waals surface area contributed by atoms with E-state index >= 15 is 0 Å². The number of carbonyl (C=O) groups is 4. The third kappa shape index (κ3) is 2.78. The summed E-state index contributed by atoms with van der Waals surface area (Å²) in [4.78, 5) is 55.2. The molecule has 2 saturated heterocycles. The largest absolute Gasteiger partial charge is 0.349 e. The molecule has 6 nitrogen and oxygen atoms in total. The number of hydrogen-bond acceptors (Lipinski definition) is 5. The minimum Gasteiger partial charge on any atom is -0.349 e. The van der Waals surface area contributed by atoms with Crippen LogP contribution in [0.3, 0.4) is 0 Å². The van der Waals surface area contributed by atoms with E-state index in [4.69, 9.17) is 16.3 Å². The number of ether oxygens (including phenoxy) is 1. The van der Waals surface area contributed by atoms with Crippen LogP contribution in [0.4, 0.5) is 14.5 Å². The van der Waals surface area contributed by atoms with E-state index in [0.29, 0.717) is 21.6 Å². The predicted octanol–water partition coefficient (Wildman–Crippen LogP) is 4.31. The molecule has 174 valence electrons. The Labute approximate surface area is 202 Å². The second-order valence-electron chi connectivity index (χ2n) is 8.64. The highest BCUT2D eigenvalue weighted by Gasteiger charge is 2.74. The average molecular weight is 494 g/mol. The Morgan fingerprint density at radius 2 is 1.46 bits per heavy atom. The van der Waals surface area contributed by atoms with Crippen LogP contribution in [0.2, 0.25) is 5.02 Å². The number of carbonyl (C=O) groups excluding carboxylic acids is 4. The van der Waals surface area contributed by atoms with E-state index in [2.05, 4.69) is 0 Å². The molecule has 3 aromatic carbocycles. The van der Waals surface area contributed by atoms with Gasteiger partial charge in [0.1, 0.15) is 11.6 Å². The summed E-state index contributed by atoms with van der Waals surface area (Å²) < 4.78 is 34.3. The molecule has 3 aromatic rings. The lowest BCUT2D eigenvalue weighted by Gasteiger charge is -2.27. The molecule has 9 heteroatoms. The fourth-order valence-corrected chi connectivity index (χ4v) is 5.50. The molecule has 2 aliphatic heterocycles. The molecule has 3 atom stereocenters. The third-order valence-electron chi connectivity index (χ3n) is 6.87. The highest BCUT2D eigenvalue weighted by atomic mass is 35.5. The Bertz CT molecular complexity index is 1440. The van der Waals surface area contributed by atoms with Gasteiger partial charge in [0.2, 0.25) is 29.0 Å². The van der Waals surface area contributed by atoms with E-state index in [9.17, 15) is 28.0 Å². The van der Waals surface area contributed by atoms with Crippen LogP contribution in [0.25, 0.3) is 0 Å². The first-order valence-corrected chi connectivity index (χ1v) is 11.1. The quantitative estimate of drug-likeness (QED) is 0.392. The number of Topliss-reactive ketones (excluding diaryl/α,β-unsaturated/α-hetero) is 2. The molecular formula is C26H14ClF2NO5. The lowest BCUT2D eigenvalue weighted by atomic mass is 9.77. The van der Waals surface area contributed by atoms with Crippen molar-refractivity contribution in [2.45, 2.75) is 11.7 Å². The van der Waals surface area contributed by atoms with Crippen molar-refractivity contribution in [3.05, 3.63) is 100 Å². The Morgan fingerprint density at radius 3 is 2.06 bits per heavy atom. The van der Waals surface area contributed by atoms with Crippen LogP contribution < -0.4 is 4.90 Å². The minimum atomic E-state index is -2.28. The molecule has 3 aliphatic rings. The average Bonchev–Trinajstić information content (AvgIpc) is 3.40. The normalized spacial score (nSPS) is 24.4. The molecule has 0 bridgehead atoms. The number of hydrogen-bond donors (Lipinski definition) is 0. The summed E-state index contributed by atoms with van der Waals surface area (Å²) in [7, 11) is 0. The van der Waals surface area contributed by atoms with Crippen molar-refractivity contribution < 1.29 is 32.7 Å². The first kappa shape index (κ1) is 21.8. The van der Waals surface area contributed by atoms with Crippen LogP contribution in [0.15, 0.2) is 66.7 Å². The van der Waals surface area contributed by atoms with Gasteiger partial charge in [-0.25, -0.2) is 13.7 Å². The zero-order valence-corrected chi connectivity index (χ0v) is 18.5. The molecule has 35 heavy (non-hydrogen) atoms. The van der Waals surface area contributed by atoms with Gasteiger partial charge in [0.15, 0.2) is 0 Å². The van der Waals surface area contributed by atoms with Crippen LogP contribution >= 0.6 is 11.6 Å². The van der Waals surface area contributed by atoms with E-state index in [1.807, 2.05) is 0 Å². The van der Waals surface area contributed by atoms with Crippen molar-refractivity contribution in [1.29, 1.82) is 0 Å². The summed E-state index contributed by atoms with van der Waals surface area (Å²) in [5.41, 5.74) is -2.16. The first-order chi connectivity index (χ1) is 16.8. The number of amides is 2. The van der Waals surface area contributed by atoms with Gasteiger partial charge < -0.3 is 4.74 Å². The Morgan fingerprint density at radius 1 is 0.829 bits per heavy atom. The van der Waals surface area contributed by atoms with Crippen molar-refractivity contribution in [2.75, 3.05) is 4.90 Å². The number of ketones is 2. The topological polar surface area (TPSA) is 80.8 Å². The summed E-state index contributed by atoms with van der Waals surface area (Å²) in [5, 5.41) is 0.405. The minimum absolute atomic E-state index is 0.0830. The zero-order valence-electron chi connectivity index (χ0n) is 17.7. The van der Waals surface area contributed by atoms with Gasteiger partial charge in [-0.2, -0.15) is 0 Å². The molecule has 2 fully saturated rings. The van der Waals surface area contributed by atoms with Crippen LogP contribution in [0.5, 0.6) is 0 Å². The van der Waals surface area contributed by atoms with Crippen LogP contribution in [-0.2, 0) is 14.3 Å². The molecule has 2 heterocycles. The summed E-state index contributed by atoms with van der Waals surface area (Å²) >= 11 is 5.99. The lowest BCUT2D eigenvalue weighted by Crippen LogP contribution is -2.51. The van der Waals surface area contributed by atoms with Crippen molar-refractivity contribution in [1.82, 2.24) is 0 Å². The highest BCUT2D eigenvalue weighted by molar-refractivity contribution is 6.37. The van der Waals surface area contributed by atoms with E-state index in [-0.39, 0.29) is 11.1 Å². The fourth-order valence-electron chi connectivity index (χ4n) is 5.37. The zero-order chi connectivity index (χ0) is 24.6. The van der Waals surface area contributed by atoms with Gasteiger partial charge >= 0.3 is 0 Å². The van der Waals surface area contributed by atoms with Gasteiger partial charge in [-0.05, 0) is 29.8 Å². The molecule has 3 unspecified atom stereocenters. The standard InChI is InChI=1S/C26H14ClF2NO5/c27-13-7-5-12(6-8-13)21-19-20(25(34)30(24(19)33)18-10-9-14(28)11-17(18)29)26(35-21)22(31)15-3-1-2-4-16(15)23(26)32/h1-11,19-21H. The molecule has 1 aliphatic carbocycles. The monoisotopic (exact) mass is 493 g/mol. The molecule has 2 amide bonds. The van der Waals surface area contributed by atoms with Gasteiger partial charge in [0, 0.05) is 22.2 Å².